The first-order valence-electron chi connectivity index (χ1n) is 6.80. The number of imidazole rings is 1. The normalized spacial score (nSPS) is 11.9. The van der Waals surface area contributed by atoms with Crippen molar-refractivity contribution in [2.45, 2.75) is 26.2 Å². The van der Waals surface area contributed by atoms with E-state index in [1.54, 1.807) is 0 Å². The molecule has 102 valence electrons. The molecule has 3 nitrogen and oxygen atoms in total. The van der Waals surface area contributed by atoms with E-state index in [2.05, 4.69) is 55.0 Å². The van der Waals surface area contributed by atoms with E-state index in [-0.39, 0.29) is 5.41 Å². The van der Waals surface area contributed by atoms with Crippen LogP contribution in [0, 0.1) is 0 Å². The maximum Gasteiger partial charge on any atom is 0.138 e. The van der Waals surface area contributed by atoms with E-state index in [9.17, 15) is 0 Å². The molecular formula is C17H19N3. The van der Waals surface area contributed by atoms with Crippen molar-refractivity contribution in [2.75, 3.05) is 5.73 Å². The van der Waals surface area contributed by atoms with Gasteiger partial charge in [-0.25, -0.2) is 4.98 Å². The van der Waals surface area contributed by atoms with Gasteiger partial charge in [0.2, 0.25) is 0 Å². The Kier molecular flexibility index (Phi) is 2.78. The number of hydrogen-bond acceptors (Lipinski definition) is 2. The van der Waals surface area contributed by atoms with Gasteiger partial charge in [-0.05, 0) is 23.1 Å². The lowest BCUT2D eigenvalue weighted by Crippen LogP contribution is -2.10. The van der Waals surface area contributed by atoms with Gasteiger partial charge >= 0.3 is 0 Å². The minimum Gasteiger partial charge on any atom is -0.397 e. The Labute approximate surface area is 118 Å². The summed E-state index contributed by atoms with van der Waals surface area (Å²) in [5.41, 5.74) is 11.0. The molecule has 20 heavy (non-hydrogen) atoms. The van der Waals surface area contributed by atoms with Crippen LogP contribution in [0.15, 0.2) is 42.5 Å². The predicted octanol–water partition coefficient (Wildman–Crippen LogP) is 4.11. The summed E-state index contributed by atoms with van der Waals surface area (Å²) in [5, 5.41) is 0. The summed E-state index contributed by atoms with van der Waals surface area (Å²) in [6.07, 6.45) is 0. The van der Waals surface area contributed by atoms with Gasteiger partial charge in [-0.1, -0.05) is 51.1 Å². The number of nitrogens with zero attached hydrogens (tertiary/aromatic N) is 1. The molecule has 0 amide bonds. The molecule has 1 aromatic heterocycles. The number of nitrogens with one attached hydrogen (secondary N) is 1. The number of anilines is 1. The van der Waals surface area contributed by atoms with Gasteiger partial charge in [0.25, 0.3) is 0 Å². The quantitative estimate of drug-likeness (QED) is 0.650. The van der Waals surface area contributed by atoms with Gasteiger partial charge < -0.3 is 10.7 Å². The van der Waals surface area contributed by atoms with Crippen LogP contribution in [0.3, 0.4) is 0 Å². The molecule has 3 aromatic rings. The third-order valence-corrected chi connectivity index (χ3v) is 3.57. The number of H-pyrrole nitrogens is 1. The highest BCUT2D eigenvalue weighted by Crippen LogP contribution is 2.27. The summed E-state index contributed by atoms with van der Waals surface area (Å²) in [7, 11) is 0. The SMILES string of the molecule is CC(C)(C)c1ccc(-c2nc3c(N)cccc3[nH]2)cc1. The van der Waals surface area contributed by atoms with Crippen molar-refractivity contribution in [2.24, 2.45) is 0 Å². The molecule has 1 heterocycles. The second-order valence-corrected chi connectivity index (χ2v) is 6.16. The van der Waals surface area contributed by atoms with Crippen LogP contribution in [0.2, 0.25) is 0 Å². The number of hydrogen-bond donors (Lipinski definition) is 2. The Balaban J connectivity index is 2.05. The van der Waals surface area contributed by atoms with E-state index in [1.165, 1.54) is 5.56 Å². The van der Waals surface area contributed by atoms with E-state index >= 15 is 0 Å². The summed E-state index contributed by atoms with van der Waals surface area (Å²) in [5.74, 6) is 0.860. The van der Waals surface area contributed by atoms with Crippen LogP contribution in [0.5, 0.6) is 0 Å². The van der Waals surface area contributed by atoms with Gasteiger partial charge in [0.15, 0.2) is 0 Å². The van der Waals surface area contributed by atoms with E-state index < -0.39 is 0 Å². The zero-order chi connectivity index (χ0) is 14.3. The Hall–Kier alpha value is -2.29. The van der Waals surface area contributed by atoms with E-state index in [1.807, 2.05) is 18.2 Å². The Bertz CT molecular complexity index is 746. The molecule has 3 rings (SSSR count). The largest absolute Gasteiger partial charge is 0.397 e. The molecule has 0 bridgehead atoms. The molecule has 2 aromatic carbocycles. The lowest BCUT2D eigenvalue weighted by Gasteiger charge is -2.18. The molecule has 0 spiro atoms. The highest BCUT2D eigenvalue weighted by Gasteiger charge is 2.14. The predicted molar refractivity (Wildman–Crippen MR) is 84.6 cm³/mol. The monoisotopic (exact) mass is 265 g/mol. The third-order valence-electron chi connectivity index (χ3n) is 3.57. The van der Waals surface area contributed by atoms with Gasteiger partial charge in [0, 0.05) is 5.56 Å². The van der Waals surface area contributed by atoms with Crippen LogP contribution >= 0.6 is 0 Å². The number of fused-ring (bicyclic) bond motifs is 1. The number of para-hydroxylation sites is 1. The fourth-order valence-electron chi connectivity index (χ4n) is 2.32. The Morgan fingerprint density at radius 3 is 2.30 bits per heavy atom. The summed E-state index contributed by atoms with van der Waals surface area (Å²) < 4.78 is 0. The number of nitrogen functional groups attached to an aromatic ring is 1. The fraction of sp³-hybridized carbons (Fsp3) is 0.235. The minimum atomic E-state index is 0.164. The summed E-state index contributed by atoms with van der Waals surface area (Å²) >= 11 is 0. The Morgan fingerprint density at radius 2 is 1.70 bits per heavy atom. The number of nitrogens with two attached hydrogens (primary N) is 1. The van der Waals surface area contributed by atoms with Crippen molar-refractivity contribution in [3.63, 3.8) is 0 Å². The maximum atomic E-state index is 5.95. The first-order chi connectivity index (χ1) is 9.45. The average molecular weight is 265 g/mol. The highest BCUT2D eigenvalue weighted by molar-refractivity contribution is 5.89. The average Bonchev–Trinajstić information content (AvgIpc) is 2.83. The number of aromatic amines is 1. The summed E-state index contributed by atoms with van der Waals surface area (Å²) in [6, 6.07) is 14.3. The van der Waals surface area contributed by atoms with Crippen LogP contribution in [-0.4, -0.2) is 9.97 Å². The van der Waals surface area contributed by atoms with Crippen LogP contribution in [0.4, 0.5) is 5.69 Å². The van der Waals surface area contributed by atoms with Crippen molar-refractivity contribution in [3.05, 3.63) is 48.0 Å². The van der Waals surface area contributed by atoms with Gasteiger partial charge in [0.05, 0.1) is 11.2 Å². The van der Waals surface area contributed by atoms with Crippen LogP contribution in [0.1, 0.15) is 26.3 Å². The zero-order valence-corrected chi connectivity index (χ0v) is 12.1. The standard InChI is InChI=1S/C17H19N3/c1-17(2,3)12-9-7-11(8-10-12)16-19-14-6-4-5-13(18)15(14)20-16/h4-10H,18H2,1-3H3,(H,19,20). The van der Waals surface area contributed by atoms with Gasteiger partial charge in [-0.15, -0.1) is 0 Å². The first kappa shape index (κ1) is 12.7. The second kappa shape index (κ2) is 4.37. The van der Waals surface area contributed by atoms with Crippen molar-refractivity contribution in [3.8, 4) is 11.4 Å². The molecular weight excluding hydrogens is 246 g/mol. The third kappa shape index (κ3) is 2.16. The molecule has 0 saturated carbocycles. The highest BCUT2D eigenvalue weighted by atomic mass is 14.9. The minimum absolute atomic E-state index is 0.164. The van der Waals surface area contributed by atoms with Crippen molar-refractivity contribution in [1.29, 1.82) is 0 Å². The van der Waals surface area contributed by atoms with Crippen molar-refractivity contribution in [1.82, 2.24) is 9.97 Å². The first-order valence-corrected chi connectivity index (χ1v) is 6.80. The number of aromatic nitrogens is 2. The smallest absolute Gasteiger partial charge is 0.138 e. The van der Waals surface area contributed by atoms with Crippen LogP contribution < -0.4 is 5.73 Å². The topological polar surface area (TPSA) is 54.7 Å². The number of benzene rings is 2. The Morgan fingerprint density at radius 1 is 1.00 bits per heavy atom. The van der Waals surface area contributed by atoms with Gasteiger partial charge in [-0.3, -0.25) is 0 Å². The lowest BCUT2D eigenvalue weighted by atomic mass is 9.87. The van der Waals surface area contributed by atoms with Crippen LogP contribution in [-0.2, 0) is 5.41 Å². The molecule has 0 aliphatic heterocycles. The zero-order valence-electron chi connectivity index (χ0n) is 12.1. The van der Waals surface area contributed by atoms with Crippen molar-refractivity contribution < 1.29 is 0 Å². The molecule has 0 saturated heterocycles. The summed E-state index contributed by atoms with van der Waals surface area (Å²) in [4.78, 5) is 7.91. The molecule has 3 heteroatoms. The number of rotatable bonds is 1. The van der Waals surface area contributed by atoms with E-state index in [0.717, 1.165) is 22.4 Å². The second-order valence-electron chi connectivity index (χ2n) is 6.16. The maximum absolute atomic E-state index is 5.95. The van der Waals surface area contributed by atoms with E-state index in [4.69, 9.17) is 5.73 Å². The molecule has 0 unspecified atom stereocenters. The van der Waals surface area contributed by atoms with Gasteiger partial charge in [0.1, 0.15) is 11.3 Å². The molecule has 0 atom stereocenters. The lowest BCUT2D eigenvalue weighted by molar-refractivity contribution is 0.590. The fourth-order valence-corrected chi connectivity index (χ4v) is 2.32. The molecule has 0 radical (unpaired) electrons. The van der Waals surface area contributed by atoms with E-state index in [0.29, 0.717) is 5.69 Å². The molecule has 3 N–H and O–H groups in total. The summed E-state index contributed by atoms with van der Waals surface area (Å²) in [6.45, 7) is 6.64. The van der Waals surface area contributed by atoms with Crippen LogP contribution in [0.25, 0.3) is 22.4 Å². The molecule has 0 aliphatic carbocycles. The van der Waals surface area contributed by atoms with Gasteiger partial charge in [-0.2, -0.15) is 0 Å². The van der Waals surface area contributed by atoms with Crippen molar-refractivity contribution >= 4 is 16.7 Å². The molecule has 0 aliphatic rings. The molecule has 0 fully saturated rings.